The van der Waals surface area contributed by atoms with E-state index in [4.69, 9.17) is 14.2 Å². The van der Waals surface area contributed by atoms with Gasteiger partial charge in [-0.25, -0.2) is 4.98 Å². The second-order valence-electron chi connectivity index (χ2n) is 7.46. The van der Waals surface area contributed by atoms with Crippen molar-refractivity contribution in [2.75, 3.05) is 43.2 Å². The molecule has 2 aliphatic rings. The minimum absolute atomic E-state index is 0. The van der Waals surface area contributed by atoms with E-state index in [-0.39, 0.29) is 73.8 Å². The number of nitrogens with one attached hydrogen (secondary N) is 1. The van der Waals surface area contributed by atoms with Gasteiger partial charge in [-0.1, -0.05) is 18.7 Å². The SMILES string of the molecule is C=C1Nc2nc(nc3cnc(N4CCOCC4=O)c(C(F)(F)F)c23)OCCOc2ccccc21.Cl. The van der Waals surface area contributed by atoms with E-state index in [0.717, 1.165) is 11.1 Å². The highest BCUT2D eigenvalue weighted by Gasteiger charge is 2.41. The molecule has 13 heteroatoms. The summed E-state index contributed by atoms with van der Waals surface area (Å²) in [5.41, 5.74) is -0.437. The zero-order valence-electron chi connectivity index (χ0n) is 18.1. The van der Waals surface area contributed by atoms with Crippen LogP contribution >= 0.6 is 12.4 Å². The fraction of sp³-hybridized carbons (Fsp3) is 0.273. The Bertz CT molecular complexity index is 1300. The molecule has 0 unspecified atom stereocenters. The molecular formula is C22H19ClF3N5O4. The normalized spacial score (nSPS) is 16.3. The Morgan fingerprint density at radius 1 is 1.09 bits per heavy atom. The molecule has 1 saturated heterocycles. The fourth-order valence-corrected chi connectivity index (χ4v) is 3.80. The lowest BCUT2D eigenvalue weighted by Crippen LogP contribution is -2.43. The summed E-state index contributed by atoms with van der Waals surface area (Å²) < 4.78 is 59.7. The van der Waals surface area contributed by atoms with Crippen molar-refractivity contribution in [3.05, 3.63) is 48.2 Å². The molecule has 0 aliphatic carbocycles. The lowest BCUT2D eigenvalue weighted by atomic mass is 10.1. The highest BCUT2D eigenvalue weighted by Crippen LogP contribution is 2.43. The number of benzene rings is 1. The third kappa shape index (κ3) is 4.66. The fourth-order valence-electron chi connectivity index (χ4n) is 3.80. The van der Waals surface area contributed by atoms with Crippen LogP contribution in [-0.2, 0) is 15.7 Å². The van der Waals surface area contributed by atoms with Crippen molar-refractivity contribution in [1.29, 1.82) is 0 Å². The molecule has 1 fully saturated rings. The number of fused-ring (bicyclic) bond motifs is 5. The van der Waals surface area contributed by atoms with Crippen LogP contribution in [0, 0.1) is 0 Å². The maximum Gasteiger partial charge on any atom is 0.420 e. The van der Waals surface area contributed by atoms with E-state index in [0.29, 0.717) is 11.3 Å². The Kier molecular flexibility index (Phi) is 6.68. The molecule has 9 nitrogen and oxygen atoms in total. The van der Waals surface area contributed by atoms with Crippen LogP contribution in [0.4, 0.5) is 24.8 Å². The number of aromatic nitrogens is 3. The second-order valence-corrected chi connectivity index (χ2v) is 7.46. The first kappa shape index (κ1) is 24.5. The number of nitrogens with zero attached hydrogens (tertiary/aromatic N) is 4. The zero-order chi connectivity index (χ0) is 23.9. The summed E-state index contributed by atoms with van der Waals surface area (Å²) in [5.74, 6) is -0.862. The Hall–Kier alpha value is -3.64. The van der Waals surface area contributed by atoms with Crippen molar-refractivity contribution in [2.45, 2.75) is 6.18 Å². The molecule has 2 aliphatic heterocycles. The van der Waals surface area contributed by atoms with Gasteiger partial charge < -0.3 is 19.5 Å². The van der Waals surface area contributed by atoms with Gasteiger partial charge in [-0.2, -0.15) is 23.1 Å². The van der Waals surface area contributed by atoms with Crippen molar-refractivity contribution in [3.63, 3.8) is 0 Å². The summed E-state index contributed by atoms with van der Waals surface area (Å²) in [5, 5.41) is 2.51. The average Bonchev–Trinajstić information content (AvgIpc) is 2.83. The number of morpholine rings is 1. The van der Waals surface area contributed by atoms with Gasteiger partial charge in [-0.15, -0.1) is 12.4 Å². The molecule has 4 heterocycles. The highest BCUT2D eigenvalue weighted by atomic mass is 35.5. The number of rotatable bonds is 1. The molecule has 1 N–H and O–H groups in total. The van der Waals surface area contributed by atoms with Crippen LogP contribution < -0.4 is 19.7 Å². The molecule has 0 radical (unpaired) electrons. The van der Waals surface area contributed by atoms with Crippen molar-refractivity contribution < 1.29 is 32.2 Å². The first-order valence-corrected chi connectivity index (χ1v) is 10.3. The average molecular weight is 510 g/mol. The van der Waals surface area contributed by atoms with E-state index >= 15 is 0 Å². The van der Waals surface area contributed by atoms with Crippen molar-refractivity contribution in [3.8, 4) is 11.8 Å². The van der Waals surface area contributed by atoms with E-state index < -0.39 is 23.5 Å². The Morgan fingerprint density at radius 3 is 2.63 bits per heavy atom. The van der Waals surface area contributed by atoms with Crippen molar-refractivity contribution in [1.82, 2.24) is 15.0 Å². The van der Waals surface area contributed by atoms with E-state index in [1.54, 1.807) is 24.3 Å². The summed E-state index contributed by atoms with van der Waals surface area (Å²) in [6.45, 7) is 3.87. The van der Waals surface area contributed by atoms with Gasteiger partial charge in [-0.05, 0) is 12.1 Å². The number of alkyl halides is 3. The molecule has 5 rings (SSSR count). The molecule has 184 valence electrons. The third-order valence-corrected chi connectivity index (χ3v) is 5.28. The minimum Gasteiger partial charge on any atom is -0.489 e. The number of carbonyl (C=O) groups excluding carboxylic acids is 1. The summed E-state index contributed by atoms with van der Waals surface area (Å²) in [6, 6.07) is 6.80. The standard InChI is InChI=1S/C22H18F3N5O4.ClH/c1-12-13-4-2-3-5-15(13)33-8-9-34-21-28-14-10-26-20(30-6-7-32-11-16(30)31)18(22(23,24)25)17(14)19(27-12)29-21;/h2-5,10H,1,6-9,11H2,(H,27,28,29);1H. The molecule has 1 aromatic carbocycles. The van der Waals surface area contributed by atoms with Crippen LogP contribution in [0.1, 0.15) is 11.1 Å². The molecule has 2 aromatic heterocycles. The lowest BCUT2D eigenvalue weighted by Gasteiger charge is -2.29. The van der Waals surface area contributed by atoms with Crippen LogP contribution in [-0.4, -0.2) is 53.8 Å². The van der Waals surface area contributed by atoms with Gasteiger partial charge >= 0.3 is 12.2 Å². The predicted octanol–water partition coefficient (Wildman–Crippen LogP) is 3.68. The number of hydrogen-bond donors (Lipinski definition) is 1. The van der Waals surface area contributed by atoms with Crippen LogP contribution in [0.25, 0.3) is 16.6 Å². The number of amides is 1. The molecule has 0 atom stereocenters. The maximum absolute atomic E-state index is 14.5. The number of ether oxygens (including phenoxy) is 3. The first-order chi connectivity index (χ1) is 16.3. The Morgan fingerprint density at radius 2 is 1.86 bits per heavy atom. The van der Waals surface area contributed by atoms with Gasteiger partial charge in [0, 0.05) is 11.3 Å². The molecule has 0 spiro atoms. The van der Waals surface area contributed by atoms with Gasteiger partial charge in [0.05, 0.1) is 30.3 Å². The summed E-state index contributed by atoms with van der Waals surface area (Å²) in [6.07, 6.45) is -3.71. The first-order valence-electron chi connectivity index (χ1n) is 10.3. The van der Waals surface area contributed by atoms with Gasteiger partial charge in [-0.3, -0.25) is 9.69 Å². The van der Waals surface area contributed by atoms with E-state index in [1.807, 2.05) is 0 Å². The molecule has 0 saturated carbocycles. The van der Waals surface area contributed by atoms with Gasteiger partial charge in [0.1, 0.15) is 42.8 Å². The van der Waals surface area contributed by atoms with E-state index in [9.17, 15) is 18.0 Å². The summed E-state index contributed by atoms with van der Waals surface area (Å²) in [7, 11) is 0. The smallest absolute Gasteiger partial charge is 0.420 e. The molecular weight excluding hydrogens is 491 g/mol. The van der Waals surface area contributed by atoms with E-state index in [1.165, 1.54) is 0 Å². The number of anilines is 2. The van der Waals surface area contributed by atoms with Crippen LogP contribution in [0.5, 0.6) is 11.8 Å². The largest absolute Gasteiger partial charge is 0.489 e. The van der Waals surface area contributed by atoms with Crippen LogP contribution in [0.2, 0.25) is 0 Å². The topological polar surface area (TPSA) is 98.7 Å². The van der Waals surface area contributed by atoms with Crippen molar-refractivity contribution >= 4 is 46.5 Å². The molecule has 2 bridgehead atoms. The van der Waals surface area contributed by atoms with Crippen LogP contribution in [0.3, 0.4) is 0 Å². The highest BCUT2D eigenvalue weighted by molar-refractivity contribution is 6.02. The van der Waals surface area contributed by atoms with Gasteiger partial charge in [0.25, 0.3) is 5.91 Å². The number of pyridine rings is 1. The number of para-hydroxylation sites is 1. The van der Waals surface area contributed by atoms with Gasteiger partial charge in [0.2, 0.25) is 0 Å². The van der Waals surface area contributed by atoms with Gasteiger partial charge in [0.15, 0.2) is 0 Å². The number of halogens is 4. The summed E-state index contributed by atoms with van der Waals surface area (Å²) in [4.78, 5) is 25.6. The molecule has 3 aromatic rings. The number of hydrogen-bond acceptors (Lipinski definition) is 8. The zero-order valence-corrected chi connectivity index (χ0v) is 18.9. The Labute approximate surface area is 203 Å². The minimum atomic E-state index is -4.88. The number of carbonyl (C=O) groups is 1. The predicted molar refractivity (Wildman–Crippen MR) is 123 cm³/mol. The summed E-state index contributed by atoms with van der Waals surface area (Å²) >= 11 is 0. The third-order valence-electron chi connectivity index (χ3n) is 5.28. The molecule has 35 heavy (non-hydrogen) atoms. The quantitative estimate of drug-likeness (QED) is 0.530. The monoisotopic (exact) mass is 509 g/mol. The lowest BCUT2D eigenvalue weighted by molar-refractivity contribution is -0.136. The van der Waals surface area contributed by atoms with E-state index in [2.05, 4.69) is 26.8 Å². The second kappa shape index (κ2) is 9.55. The van der Waals surface area contributed by atoms with Crippen molar-refractivity contribution in [2.24, 2.45) is 0 Å². The van der Waals surface area contributed by atoms with Crippen LogP contribution in [0.15, 0.2) is 37.0 Å². The maximum atomic E-state index is 14.5. The Balaban J connectivity index is 0.00000289. The molecule has 1 amide bonds.